The van der Waals surface area contributed by atoms with E-state index in [-0.39, 0.29) is 5.56 Å². The highest BCUT2D eigenvalue weighted by molar-refractivity contribution is 6.42. The number of hydrogen-bond donors (Lipinski definition) is 1. The van der Waals surface area contributed by atoms with Crippen LogP contribution >= 0.6 is 0 Å². The highest BCUT2D eigenvalue weighted by atomic mass is 16.5. The van der Waals surface area contributed by atoms with E-state index >= 15 is 0 Å². The number of aromatic amines is 1. The molecule has 0 spiro atoms. The number of likely N-dealkylation sites (N-methyl/N-ethyl adjacent to an activating group) is 1. The molecule has 1 N–H and O–H groups in total. The van der Waals surface area contributed by atoms with E-state index in [4.69, 9.17) is 9.47 Å². The fraction of sp³-hybridized carbons (Fsp3) is 0.130. The molecule has 156 valence electrons. The maximum Gasteiger partial charge on any atom is 0.294 e. The summed E-state index contributed by atoms with van der Waals surface area (Å²) in [7, 11) is 4.65. The number of hydrogen-bond acceptors (Lipinski definition) is 6. The van der Waals surface area contributed by atoms with E-state index < -0.39 is 11.7 Å². The van der Waals surface area contributed by atoms with E-state index in [0.717, 1.165) is 10.9 Å². The third-order valence-corrected chi connectivity index (χ3v) is 4.72. The molecule has 0 saturated heterocycles. The number of rotatable bonds is 6. The lowest BCUT2D eigenvalue weighted by molar-refractivity contribution is -0.124. The van der Waals surface area contributed by atoms with Gasteiger partial charge in [0.05, 0.1) is 12.5 Å². The molecule has 4 rings (SSSR count). The molecule has 8 heteroatoms. The van der Waals surface area contributed by atoms with Gasteiger partial charge in [-0.1, -0.05) is 12.1 Å². The molecular formula is C23H20N4O4. The maximum atomic E-state index is 12.4. The van der Waals surface area contributed by atoms with Crippen molar-refractivity contribution in [1.29, 1.82) is 0 Å². The Kier molecular flexibility index (Phi) is 5.36. The number of Topliss-reactive ketones (excluding diaryl/α,β-unsaturated/α-hetero) is 1. The number of nitrogens with one attached hydrogen (secondary N) is 1. The molecule has 1 amide bonds. The van der Waals surface area contributed by atoms with Crippen LogP contribution in [0, 0.1) is 0 Å². The van der Waals surface area contributed by atoms with Crippen molar-refractivity contribution in [1.82, 2.24) is 19.9 Å². The van der Waals surface area contributed by atoms with Crippen molar-refractivity contribution in [3.8, 4) is 28.4 Å². The number of nitrogens with zero attached hydrogens (tertiary/aromatic N) is 3. The molecule has 0 aliphatic carbocycles. The van der Waals surface area contributed by atoms with E-state index in [2.05, 4.69) is 15.0 Å². The first-order valence-electron chi connectivity index (χ1n) is 9.47. The van der Waals surface area contributed by atoms with Gasteiger partial charge in [0.25, 0.3) is 11.7 Å². The number of para-hydroxylation sites is 2. The normalized spacial score (nSPS) is 10.7. The third-order valence-electron chi connectivity index (χ3n) is 4.72. The maximum absolute atomic E-state index is 12.4. The molecule has 0 atom stereocenters. The number of pyridine rings is 2. The summed E-state index contributed by atoms with van der Waals surface area (Å²) < 4.78 is 11.4. The van der Waals surface area contributed by atoms with Crippen molar-refractivity contribution in [2.24, 2.45) is 0 Å². The Morgan fingerprint density at radius 3 is 2.45 bits per heavy atom. The Bertz CT molecular complexity index is 1280. The minimum atomic E-state index is -0.616. The number of benzene rings is 1. The molecule has 0 unspecified atom stereocenters. The number of methoxy groups -OCH3 is 1. The van der Waals surface area contributed by atoms with Crippen molar-refractivity contribution in [3.05, 3.63) is 66.7 Å². The monoisotopic (exact) mass is 416 g/mol. The van der Waals surface area contributed by atoms with Crippen molar-refractivity contribution >= 4 is 22.7 Å². The molecule has 0 radical (unpaired) electrons. The molecule has 0 fully saturated rings. The molecular weight excluding hydrogens is 396 g/mol. The number of aromatic nitrogens is 3. The van der Waals surface area contributed by atoms with Crippen molar-refractivity contribution in [2.75, 3.05) is 21.2 Å². The second-order valence-electron chi connectivity index (χ2n) is 7.02. The van der Waals surface area contributed by atoms with Crippen LogP contribution in [0.4, 0.5) is 0 Å². The predicted molar refractivity (Wildman–Crippen MR) is 115 cm³/mol. The summed E-state index contributed by atoms with van der Waals surface area (Å²) in [5.74, 6) is 0.549. The fourth-order valence-electron chi connectivity index (χ4n) is 3.09. The summed E-state index contributed by atoms with van der Waals surface area (Å²) >= 11 is 0. The number of carbonyl (C=O) groups is 2. The molecule has 3 aromatic heterocycles. The van der Waals surface area contributed by atoms with Gasteiger partial charge in [-0.15, -0.1) is 0 Å². The van der Waals surface area contributed by atoms with Gasteiger partial charge in [0.1, 0.15) is 5.65 Å². The molecule has 4 aromatic rings. The summed E-state index contributed by atoms with van der Waals surface area (Å²) in [5.41, 5.74) is 2.26. The van der Waals surface area contributed by atoms with Crippen LogP contribution in [-0.2, 0) is 4.79 Å². The SMILES string of the molecule is COc1ccccc1Oc1c[nH]c2ncc(-c3cncc(C(=O)C(=O)N(C)C)c3)cc12. The van der Waals surface area contributed by atoms with E-state index in [1.165, 1.54) is 25.2 Å². The Morgan fingerprint density at radius 1 is 0.968 bits per heavy atom. The van der Waals surface area contributed by atoms with Crippen LogP contribution in [-0.4, -0.2) is 52.7 Å². The van der Waals surface area contributed by atoms with Crippen molar-refractivity contribution in [2.45, 2.75) is 0 Å². The average molecular weight is 416 g/mol. The average Bonchev–Trinajstić information content (AvgIpc) is 3.20. The topological polar surface area (TPSA) is 97.4 Å². The first-order valence-corrected chi connectivity index (χ1v) is 9.47. The van der Waals surface area contributed by atoms with Gasteiger partial charge in [-0.2, -0.15) is 0 Å². The van der Waals surface area contributed by atoms with Gasteiger partial charge in [0.15, 0.2) is 17.2 Å². The van der Waals surface area contributed by atoms with Gasteiger partial charge in [-0.3, -0.25) is 14.6 Å². The Balaban J connectivity index is 1.70. The fourth-order valence-corrected chi connectivity index (χ4v) is 3.09. The van der Waals surface area contributed by atoms with Crippen LogP contribution in [0.2, 0.25) is 0 Å². The summed E-state index contributed by atoms with van der Waals surface area (Å²) in [6.07, 6.45) is 6.39. The zero-order valence-corrected chi connectivity index (χ0v) is 17.2. The van der Waals surface area contributed by atoms with Crippen LogP contribution in [0.5, 0.6) is 17.2 Å². The van der Waals surface area contributed by atoms with E-state index in [0.29, 0.717) is 28.5 Å². The van der Waals surface area contributed by atoms with Crippen molar-refractivity contribution in [3.63, 3.8) is 0 Å². The van der Waals surface area contributed by atoms with Crippen molar-refractivity contribution < 1.29 is 19.1 Å². The number of fused-ring (bicyclic) bond motifs is 1. The van der Waals surface area contributed by atoms with Crippen LogP contribution in [0.3, 0.4) is 0 Å². The van der Waals surface area contributed by atoms with Crippen LogP contribution < -0.4 is 9.47 Å². The van der Waals surface area contributed by atoms with Gasteiger partial charge in [-0.05, 0) is 24.3 Å². The third kappa shape index (κ3) is 3.95. The van der Waals surface area contributed by atoms with Crippen LogP contribution in [0.25, 0.3) is 22.2 Å². The van der Waals surface area contributed by atoms with Gasteiger partial charge < -0.3 is 19.4 Å². The van der Waals surface area contributed by atoms with Gasteiger partial charge in [-0.25, -0.2) is 4.98 Å². The Morgan fingerprint density at radius 2 is 1.71 bits per heavy atom. The van der Waals surface area contributed by atoms with Gasteiger partial charge >= 0.3 is 0 Å². The molecule has 31 heavy (non-hydrogen) atoms. The number of ether oxygens (including phenoxy) is 2. The van der Waals surface area contributed by atoms with Gasteiger partial charge in [0, 0.05) is 55.6 Å². The molecule has 3 heterocycles. The highest BCUT2D eigenvalue weighted by Gasteiger charge is 2.19. The molecule has 1 aromatic carbocycles. The lowest BCUT2D eigenvalue weighted by atomic mass is 10.0. The molecule has 0 aliphatic rings. The smallest absolute Gasteiger partial charge is 0.294 e. The number of H-pyrrole nitrogens is 1. The number of amides is 1. The number of ketones is 1. The largest absolute Gasteiger partial charge is 0.493 e. The summed E-state index contributed by atoms with van der Waals surface area (Å²) in [4.78, 5) is 37.3. The lowest BCUT2D eigenvalue weighted by Crippen LogP contribution is -2.29. The molecule has 0 bridgehead atoms. The Hall–Kier alpha value is -4.20. The summed E-state index contributed by atoms with van der Waals surface area (Å²) in [6, 6.07) is 10.9. The predicted octanol–water partition coefficient (Wildman–Crippen LogP) is 3.70. The highest BCUT2D eigenvalue weighted by Crippen LogP contribution is 2.35. The zero-order valence-electron chi connectivity index (χ0n) is 17.2. The zero-order chi connectivity index (χ0) is 22.0. The lowest BCUT2D eigenvalue weighted by Gasteiger charge is -2.10. The standard InChI is InChI=1S/C23H20N4O4/c1-27(2)23(29)21(28)16-8-14(10-24-11-16)15-9-17-20(13-26-22(17)25-12-15)31-19-7-5-4-6-18(19)30-3/h4-13H,1-3H3,(H,25,26). The quantitative estimate of drug-likeness (QED) is 0.380. The first-order chi connectivity index (χ1) is 15.0. The van der Waals surface area contributed by atoms with Crippen LogP contribution in [0.1, 0.15) is 10.4 Å². The second-order valence-corrected chi connectivity index (χ2v) is 7.02. The second kappa shape index (κ2) is 8.27. The number of carbonyl (C=O) groups excluding carboxylic acids is 2. The van der Waals surface area contributed by atoms with Gasteiger partial charge in [0.2, 0.25) is 0 Å². The Labute approximate surface area is 178 Å². The minimum Gasteiger partial charge on any atom is -0.493 e. The van der Waals surface area contributed by atoms with E-state index in [1.54, 1.807) is 31.8 Å². The molecule has 0 saturated carbocycles. The summed E-state index contributed by atoms with van der Waals surface area (Å²) in [6.45, 7) is 0. The first kappa shape index (κ1) is 20.1. The van der Waals surface area contributed by atoms with E-state index in [1.807, 2.05) is 30.3 Å². The molecule has 8 nitrogen and oxygen atoms in total. The van der Waals surface area contributed by atoms with E-state index in [9.17, 15) is 9.59 Å². The minimum absolute atomic E-state index is 0.218. The van der Waals surface area contributed by atoms with Crippen LogP contribution in [0.15, 0.2) is 61.2 Å². The summed E-state index contributed by atoms with van der Waals surface area (Å²) in [5, 5.41) is 0.754. The molecule has 0 aliphatic heterocycles.